The third-order valence-electron chi connectivity index (χ3n) is 3.86. The summed E-state index contributed by atoms with van der Waals surface area (Å²) < 4.78 is 32.9. The fourth-order valence-electron chi connectivity index (χ4n) is 2.72. The summed E-state index contributed by atoms with van der Waals surface area (Å²) in [6, 6.07) is 5.13. The minimum atomic E-state index is -1.31. The van der Waals surface area contributed by atoms with Crippen molar-refractivity contribution in [2.45, 2.75) is 12.5 Å². The van der Waals surface area contributed by atoms with E-state index in [9.17, 15) is 18.4 Å². The molecule has 136 valence electrons. The zero-order valence-electron chi connectivity index (χ0n) is 13.2. The van der Waals surface area contributed by atoms with E-state index in [1.807, 2.05) is 0 Å². The van der Waals surface area contributed by atoms with Gasteiger partial charge in [0.25, 0.3) is 5.91 Å². The lowest BCUT2D eigenvalue weighted by molar-refractivity contribution is 0.102. The van der Waals surface area contributed by atoms with E-state index in [2.05, 4.69) is 10.6 Å². The van der Waals surface area contributed by atoms with E-state index in [1.54, 1.807) is 0 Å². The molecule has 1 aliphatic rings. The third-order valence-corrected chi connectivity index (χ3v) is 4.15. The molecule has 0 spiro atoms. The predicted molar refractivity (Wildman–Crippen MR) is 89.8 cm³/mol. The number of halogens is 3. The summed E-state index contributed by atoms with van der Waals surface area (Å²) in [5.41, 5.74) is 0.248. The molecule has 0 aliphatic carbocycles. The molecule has 0 aromatic heterocycles. The maximum atomic E-state index is 14.2. The highest BCUT2D eigenvalue weighted by Gasteiger charge is 2.30. The van der Waals surface area contributed by atoms with Gasteiger partial charge in [-0.15, -0.1) is 0 Å². The Morgan fingerprint density at radius 1 is 1.19 bits per heavy atom. The Morgan fingerprint density at radius 2 is 1.92 bits per heavy atom. The molecule has 0 saturated carbocycles. The minimum absolute atomic E-state index is 0.0246. The number of hydrogen-bond donors (Lipinski definition) is 3. The Labute approximate surface area is 151 Å². The maximum absolute atomic E-state index is 14.2. The molecule has 1 atom stereocenters. The first-order valence-electron chi connectivity index (χ1n) is 7.58. The van der Waals surface area contributed by atoms with Crippen LogP contribution in [0.5, 0.6) is 5.75 Å². The molecule has 0 saturated heterocycles. The van der Waals surface area contributed by atoms with E-state index >= 15 is 0 Å². The van der Waals surface area contributed by atoms with Gasteiger partial charge in [0.05, 0.1) is 28.8 Å². The van der Waals surface area contributed by atoms with Crippen LogP contribution >= 0.6 is 11.6 Å². The summed E-state index contributed by atoms with van der Waals surface area (Å²) >= 11 is 5.68. The number of nitrogens with one attached hydrogen (secondary N) is 2. The molecule has 2 aromatic carbocycles. The van der Waals surface area contributed by atoms with Crippen molar-refractivity contribution in [1.82, 2.24) is 5.32 Å². The average molecular weight is 383 g/mol. The normalized spacial score (nSPS) is 15.6. The number of amides is 2. The van der Waals surface area contributed by atoms with Crippen molar-refractivity contribution in [1.29, 1.82) is 0 Å². The van der Waals surface area contributed by atoms with Crippen LogP contribution in [-0.2, 0) is 0 Å². The lowest BCUT2D eigenvalue weighted by Crippen LogP contribution is -2.32. The number of benzene rings is 2. The van der Waals surface area contributed by atoms with Crippen LogP contribution in [0.25, 0.3) is 0 Å². The second-order valence-corrected chi connectivity index (χ2v) is 5.97. The molecule has 0 unspecified atom stereocenters. The summed E-state index contributed by atoms with van der Waals surface area (Å²) in [6.07, 6.45) is -1.08. The number of ether oxygens (including phenoxy) is 1. The van der Waals surface area contributed by atoms with Crippen LogP contribution in [0.15, 0.2) is 30.3 Å². The Kier molecular flexibility index (Phi) is 4.94. The fourth-order valence-corrected chi connectivity index (χ4v) is 2.90. The van der Waals surface area contributed by atoms with E-state index in [1.165, 1.54) is 18.2 Å². The first-order valence-corrected chi connectivity index (χ1v) is 7.95. The van der Waals surface area contributed by atoms with Gasteiger partial charge >= 0.3 is 6.09 Å². The molecule has 1 heterocycles. The Bertz CT molecular complexity index is 891. The number of carboxylic acid groups (broad SMARTS) is 1. The summed E-state index contributed by atoms with van der Waals surface area (Å²) in [5, 5.41) is 13.5. The van der Waals surface area contributed by atoms with Gasteiger partial charge in [-0.2, -0.15) is 0 Å². The Morgan fingerprint density at radius 3 is 2.62 bits per heavy atom. The van der Waals surface area contributed by atoms with Gasteiger partial charge in [-0.25, -0.2) is 13.6 Å². The SMILES string of the molecule is O=C(O)N[C@H]1CCOc2c(C(=O)Nc3ccc(F)c(Cl)c3)ccc(F)c21. The zero-order chi connectivity index (χ0) is 18.8. The number of carbonyl (C=O) groups is 2. The average Bonchev–Trinajstić information content (AvgIpc) is 2.58. The summed E-state index contributed by atoms with van der Waals surface area (Å²) in [5.74, 6) is -1.96. The molecule has 9 heteroatoms. The van der Waals surface area contributed by atoms with Gasteiger partial charge in [0.2, 0.25) is 0 Å². The van der Waals surface area contributed by atoms with Crippen LogP contribution in [0.3, 0.4) is 0 Å². The molecule has 3 N–H and O–H groups in total. The Balaban J connectivity index is 1.94. The van der Waals surface area contributed by atoms with Crippen molar-refractivity contribution < 1.29 is 28.2 Å². The third kappa shape index (κ3) is 3.55. The van der Waals surface area contributed by atoms with Gasteiger partial charge in [-0.05, 0) is 30.3 Å². The second-order valence-electron chi connectivity index (χ2n) is 5.56. The zero-order valence-corrected chi connectivity index (χ0v) is 13.9. The topological polar surface area (TPSA) is 87.7 Å². The largest absolute Gasteiger partial charge is 0.492 e. The van der Waals surface area contributed by atoms with Crippen LogP contribution in [-0.4, -0.2) is 23.7 Å². The quantitative estimate of drug-likeness (QED) is 0.749. The van der Waals surface area contributed by atoms with Crippen LogP contribution in [0.2, 0.25) is 5.02 Å². The Hall–Kier alpha value is -2.87. The van der Waals surface area contributed by atoms with Crippen molar-refractivity contribution in [3.63, 3.8) is 0 Å². The number of anilines is 1. The number of fused-ring (bicyclic) bond motifs is 1. The lowest BCUT2D eigenvalue weighted by Gasteiger charge is -2.27. The van der Waals surface area contributed by atoms with E-state index < -0.39 is 29.7 Å². The second kappa shape index (κ2) is 7.17. The van der Waals surface area contributed by atoms with E-state index in [0.717, 1.165) is 12.1 Å². The molecule has 0 radical (unpaired) electrons. The number of rotatable bonds is 3. The number of hydrogen-bond acceptors (Lipinski definition) is 3. The van der Waals surface area contributed by atoms with Crippen molar-refractivity contribution >= 4 is 29.3 Å². The lowest BCUT2D eigenvalue weighted by atomic mass is 9.96. The molecule has 6 nitrogen and oxygen atoms in total. The van der Waals surface area contributed by atoms with Gasteiger partial charge in [0.1, 0.15) is 17.4 Å². The smallest absolute Gasteiger partial charge is 0.405 e. The van der Waals surface area contributed by atoms with Crippen LogP contribution in [0.1, 0.15) is 28.4 Å². The molecule has 0 fully saturated rings. The van der Waals surface area contributed by atoms with E-state index in [4.69, 9.17) is 21.4 Å². The van der Waals surface area contributed by atoms with Gasteiger partial charge in [-0.3, -0.25) is 4.79 Å². The van der Waals surface area contributed by atoms with Gasteiger partial charge < -0.3 is 20.5 Å². The molecule has 26 heavy (non-hydrogen) atoms. The molecular weight excluding hydrogens is 370 g/mol. The summed E-state index contributed by atoms with van der Waals surface area (Å²) in [6.45, 7) is 0.115. The van der Waals surface area contributed by atoms with Crippen LogP contribution in [0, 0.1) is 11.6 Å². The van der Waals surface area contributed by atoms with Crippen LogP contribution in [0.4, 0.5) is 19.3 Å². The highest BCUT2D eigenvalue weighted by atomic mass is 35.5. The minimum Gasteiger partial charge on any atom is -0.492 e. The summed E-state index contributed by atoms with van der Waals surface area (Å²) in [4.78, 5) is 23.4. The van der Waals surface area contributed by atoms with E-state index in [0.29, 0.717) is 0 Å². The maximum Gasteiger partial charge on any atom is 0.405 e. The van der Waals surface area contributed by atoms with Crippen molar-refractivity contribution in [2.24, 2.45) is 0 Å². The fraction of sp³-hybridized carbons (Fsp3) is 0.176. The van der Waals surface area contributed by atoms with Crippen molar-refractivity contribution in [3.8, 4) is 5.75 Å². The molecule has 2 amide bonds. The van der Waals surface area contributed by atoms with Gasteiger partial charge in [-0.1, -0.05) is 11.6 Å². The highest BCUT2D eigenvalue weighted by Crippen LogP contribution is 2.37. The highest BCUT2D eigenvalue weighted by molar-refractivity contribution is 6.31. The van der Waals surface area contributed by atoms with E-state index in [-0.39, 0.29) is 40.6 Å². The molecule has 3 rings (SSSR count). The standard InChI is InChI=1S/C17H13ClF2N2O4/c18-10-7-8(1-3-11(10)19)21-16(23)9-2-4-12(20)14-13(22-17(24)25)5-6-26-15(9)14/h1-4,7,13,22H,5-6H2,(H,21,23)(H,24,25)/t13-/m0/s1. The van der Waals surface area contributed by atoms with Crippen molar-refractivity contribution in [3.05, 3.63) is 58.1 Å². The molecule has 1 aliphatic heterocycles. The first-order chi connectivity index (χ1) is 12.4. The van der Waals surface area contributed by atoms with Gasteiger partial charge in [0, 0.05) is 12.1 Å². The molecular formula is C17H13ClF2N2O4. The number of carbonyl (C=O) groups excluding carboxylic acids is 1. The predicted octanol–water partition coefficient (Wildman–Crippen LogP) is 3.96. The first kappa shape index (κ1) is 17.9. The molecule has 2 aromatic rings. The van der Waals surface area contributed by atoms with Crippen molar-refractivity contribution in [2.75, 3.05) is 11.9 Å². The van der Waals surface area contributed by atoms with Crippen LogP contribution < -0.4 is 15.4 Å². The van der Waals surface area contributed by atoms with Gasteiger partial charge in [0.15, 0.2) is 0 Å². The summed E-state index contributed by atoms with van der Waals surface area (Å²) in [7, 11) is 0. The molecule has 0 bridgehead atoms. The monoisotopic (exact) mass is 382 g/mol.